The number of rotatable bonds is 4. The fraction of sp³-hybridized carbons (Fsp3) is 0.429. The molecule has 1 fully saturated rings. The monoisotopic (exact) mass is 278 g/mol. The van der Waals surface area contributed by atoms with Crippen molar-refractivity contribution >= 4 is 23.2 Å². The number of hydrogen-bond acceptors (Lipinski definition) is 3. The van der Waals surface area contributed by atoms with Gasteiger partial charge in [0.2, 0.25) is 11.8 Å². The second-order valence-electron chi connectivity index (χ2n) is 4.64. The van der Waals surface area contributed by atoms with Gasteiger partial charge in [-0.25, -0.2) is 0 Å². The van der Waals surface area contributed by atoms with E-state index in [1.54, 1.807) is 29.4 Å². The molecule has 2 amide bonds. The molecule has 1 N–H and O–H groups in total. The van der Waals surface area contributed by atoms with Gasteiger partial charge in [0.1, 0.15) is 0 Å². The van der Waals surface area contributed by atoms with Crippen LogP contribution < -0.4 is 5.32 Å². The fourth-order valence-electron chi connectivity index (χ4n) is 2.47. The highest BCUT2D eigenvalue weighted by molar-refractivity contribution is 7.10. The molecular formula is C14H18N2O2S. The van der Waals surface area contributed by atoms with Gasteiger partial charge in [0.05, 0.1) is 12.0 Å². The highest BCUT2D eigenvalue weighted by atomic mass is 32.1. The van der Waals surface area contributed by atoms with E-state index in [0.717, 1.165) is 4.88 Å². The lowest BCUT2D eigenvalue weighted by atomic mass is 9.87. The Kier molecular flexibility index (Phi) is 4.37. The Bertz CT molecular complexity index is 470. The topological polar surface area (TPSA) is 49.4 Å². The van der Waals surface area contributed by atoms with Crippen molar-refractivity contribution in [2.45, 2.75) is 18.9 Å². The number of nitrogens with zero attached hydrogens (tertiary/aromatic N) is 1. The Morgan fingerprint density at radius 3 is 3.11 bits per heavy atom. The van der Waals surface area contributed by atoms with Crippen LogP contribution in [0.5, 0.6) is 0 Å². The summed E-state index contributed by atoms with van der Waals surface area (Å²) >= 11 is 1.59. The third-order valence-corrected chi connectivity index (χ3v) is 4.40. The Hall–Kier alpha value is -1.62. The van der Waals surface area contributed by atoms with Crippen LogP contribution in [-0.4, -0.2) is 30.3 Å². The first-order valence-electron chi connectivity index (χ1n) is 6.32. The van der Waals surface area contributed by atoms with Gasteiger partial charge in [0.25, 0.3) is 0 Å². The first kappa shape index (κ1) is 13.8. The van der Waals surface area contributed by atoms with Gasteiger partial charge in [-0.05, 0) is 17.9 Å². The van der Waals surface area contributed by atoms with E-state index in [9.17, 15) is 9.59 Å². The fourth-order valence-corrected chi connectivity index (χ4v) is 3.40. The summed E-state index contributed by atoms with van der Waals surface area (Å²) in [5.74, 6) is -0.0786. The molecule has 102 valence electrons. The third-order valence-electron chi connectivity index (χ3n) is 3.45. The minimum absolute atomic E-state index is 0.00218. The Balaban J connectivity index is 2.22. The zero-order valence-corrected chi connectivity index (χ0v) is 11.8. The van der Waals surface area contributed by atoms with Gasteiger partial charge in [-0.15, -0.1) is 17.9 Å². The molecular weight excluding hydrogens is 260 g/mol. The van der Waals surface area contributed by atoms with Crippen LogP contribution in [0.15, 0.2) is 30.2 Å². The molecule has 19 heavy (non-hydrogen) atoms. The van der Waals surface area contributed by atoms with Gasteiger partial charge in [-0.2, -0.15) is 0 Å². The van der Waals surface area contributed by atoms with E-state index < -0.39 is 0 Å². The molecule has 1 aliphatic heterocycles. The van der Waals surface area contributed by atoms with Crippen molar-refractivity contribution in [3.8, 4) is 0 Å². The maximum atomic E-state index is 12.2. The summed E-state index contributed by atoms with van der Waals surface area (Å²) < 4.78 is 0. The normalized spacial score (nSPS) is 23.2. The first-order chi connectivity index (χ1) is 9.15. The largest absolute Gasteiger partial charge is 0.352 e. The molecule has 0 aromatic carbocycles. The smallest absolute Gasteiger partial charge is 0.225 e. The van der Waals surface area contributed by atoms with Crippen molar-refractivity contribution in [2.24, 2.45) is 5.92 Å². The van der Waals surface area contributed by atoms with Crippen molar-refractivity contribution in [3.63, 3.8) is 0 Å². The summed E-state index contributed by atoms with van der Waals surface area (Å²) in [4.78, 5) is 26.9. The van der Waals surface area contributed by atoms with Crippen molar-refractivity contribution in [1.82, 2.24) is 10.2 Å². The quantitative estimate of drug-likeness (QED) is 0.856. The van der Waals surface area contributed by atoms with Crippen molar-refractivity contribution in [1.29, 1.82) is 0 Å². The molecule has 0 saturated carbocycles. The Morgan fingerprint density at radius 2 is 2.47 bits per heavy atom. The van der Waals surface area contributed by atoms with E-state index in [1.807, 2.05) is 17.5 Å². The summed E-state index contributed by atoms with van der Waals surface area (Å²) in [6.07, 6.45) is 2.70. The van der Waals surface area contributed by atoms with Gasteiger partial charge in [0, 0.05) is 24.9 Å². The minimum atomic E-state index is -0.179. The molecule has 0 radical (unpaired) electrons. The van der Waals surface area contributed by atoms with Crippen LogP contribution >= 0.6 is 11.3 Å². The number of nitrogens with one attached hydrogen (secondary N) is 1. The second-order valence-corrected chi connectivity index (χ2v) is 5.62. The van der Waals surface area contributed by atoms with Crippen LogP contribution in [0.1, 0.15) is 23.8 Å². The molecule has 0 spiro atoms. The molecule has 5 heteroatoms. The molecule has 2 atom stereocenters. The van der Waals surface area contributed by atoms with E-state index in [-0.39, 0.29) is 23.8 Å². The van der Waals surface area contributed by atoms with Crippen LogP contribution in [0.25, 0.3) is 0 Å². The molecule has 2 rings (SSSR count). The SMILES string of the molecule is C=CCNC(=O)[C@H]1CCC(=O)N(C)[C@@H]1c1cccs1. The molecule has 1 aromatic rings. The number of likely N-dealkylation sites (tertiary alicyclic amines) is 1. The van der Waals surface area contributed by atoms with Crippen molar-refractivity contribution < 1.29 is 9.59 Å². The minimum Gasteiger partial charge on any atom is -0.352 e. The predicted molar refractivity (Wildman–Crippen MR) is 75.8 cm³/mol. The Morgan fingerprint density at radius 1 is 1.68 bits per heavy atom. The zero-order valence-electron chi connectivity index (χ0n) is 11.0. The molecule has 1 saturated heterocycles. The van der Waals surface area contributed by atoms with E-state index in [1.165, 1.54) is 0 Å². The highest BCUT2D eigenvalue weighted by Crippen LogP contribution is 2.37. The number of piperidine rings is 1. The molecule has 0 unspecified atom stereocenters. The van der Waals surface area contributed by atoms with E-state index in [2.05, 4.69) is 11.9 Å². The van der Waals surface area contributed by atoms with Crippen molar-refractivity contribution in [2.75, 3.05) is 13.6 Å². The van der Waals surface area contributed by atoms with Gasteiger partial charge >= 0.3 is 0 Å². The van der Waals surface area contributed by atoms with E-state index in [4.69, 9.17) is 0 Å². The molecule has 1 aromatic heterocycles. The molecule has 1 aliphatic rings. The lowest BCUT2D eigenvalue weighted by Gasteiger charge is -2.37. The number of amides is 2. The number of thiophene rings is 1. The van der Waals surface area contributed by atoms with E-state index in [0.29, 0.717) is 19.4 Å². The summed E-state index contributed by atoms with van der Waals surface area (Å²) in [6, 6.07) is 3.79. The summed E-state index contributed by atoms with van der Waals surface area (Å²) in [5.41, 5.74) is 0. The zero-order chi connectivity index (χ0) is 13.8. The average molecular weight is 278 g/mol. The number of hydrogen-bond donors (Lipinski definition) is 1. The van der Waals surface area contributed by atoms with Gasteiger partial charge in [-0.3, -0.25) is 9.59 Å². The molecule has 0 bridgehead atoms. The van der Waals surface area contributed by atoms with Crippen molar-refractivity contribution in [3.05, 3.63) is 35.0 Å². The van der Waals surface area contributed by atoms with Crippen LogP contribution in [0, 0.1) is 5.92 Å². The average Bonchev–Trinajstić information content (AvgIpc) is 2.92. The molecule has 4 nitrogen and oxygen atoms in total. The molecule has 0 aliphatic carbocycles. The standard InChI is InChI=1S/C14H18N2O2S/c1-3-8-15-14(18)10-6-7-12(17)16(2)13(10)11-5-4-9-19-11/h3-5,9-10,13H,1,6-8H2,2H3,(H,15,18)/t10-,13-/m0/s1. The van der Waals surface area contributed by atoms with Crippen LogP contribution in [0.2, 0.25) is 0 Å². The highest BCUT2D eigenvalue weighted by Gasteiger charge is 2.39. The summed E-state index contributed by atoms with van der Waals surface area (Å²) in [5, 5.41) is 4.81. The van der Waals surface area contributed by atoms with E-state index >= 15 is 0 Å². The predicted octanol–water partition coefficient (Wildman–Crippen LogP) is 1.96. The van der Waals surface area contributed by atoms with Gasteiger partial charge < -0.3 is 10.2 Å². The first-order valence-corrected chi connectivity index (χ1v) is 7.20. The lowest BCUT2D eigenvalue weighted by Crippen LogP contribution is -2.46. The van der Waals surface area contributed by atoms with Gasteiger partial charge in [-0.1, -0.05) is 12.1 Å². The summed E-state index contributed by atoms with van der Waals surface area (Å²) in [6.45, 7) is 4.06. The van der Waals surface area contributed by atoms with Crippen LogP contribution in [0.3, 0.4) is 0 Å². The van der Waals surface area contributed by atoms with Crippen LogP contribution in [-0.2, 0) is 9.59 Å². The maximum absolute atomic E-state index is 12.2. The summed E-state index contributed by atoms with van der Waals surface area (Å²) in [7, 11) is 1.78. The van der Waals surface area contributed by atoms with Crippen LogP contribution in [0.4, 0.5) is 0 Å². The van der Waals surface area contributed by atoms with Gasteiger partial charge in [0.15, 0.2) is 0 Å². The third kappa shape index (κ3) is 2.87. The molecule has 2 heterocycles. The number of carbonyl (C=O) groups excluding carboxylic acids is 2. The second kappa shape index (κ2) is 6.02. The maximum Gasteiger partial charge on any atom is 0.225 e. The lowest BCUT2D eigenvalue weighted by molar-refractivity contribution is -0.141. The number of carbonyl (C=O) groups is 2. The Labute approximate surface area is 117 Å².